The Kier molecular flexibility index (Phi) is 2.50. The van der Waals surface area contributed by atoms with E-state index in [1.165, 1.54) is 0 Å². The molecule has 0 aromatic heterocycles. The molecule has 0 radical (unpaired) electrons. The minimum Gasteiger partial charge on any atom is -0.359 e. The fourth-order valence-electron chi connectivity index (χ4n) is 1.50. The number of rotatable bonds is 2. The Morgan fingerprint density at radius 3 is 2.53 bits per heavy atom. The number of carbonyl (C=O) groups is 1. The summed E-state index contributed by atoms with van der Waals surface area (Å²) in [6.07, 6.45) is 0.721. The molecule has 0 amide bonds. The van der Waals surface area contributed by atoms with Crippen LogP contribution in [-0.4, -0.2) is 25.3 Å². The van der Waals surface area contributed by atoms with Crippen LogP contribution in [0.2, 0.25) is 0 Å². The second-order valence-electron chi connectivity index (χ2n) is 3.54. The number of hydrogen-bond donors (Lipinski definition) is 0. The Balaban J connectivity index is 2.18. The van der Waals surface area contributed by atoms with Gasteiger partial charge in [-0.25, -0.2) is 8.78 Å². The first-order chi connectivity index (χ1) is 7.02. The highest BCUT2D eigenvalue weighted by Crippen LogP contribution is 2.33. The van der Waals surface area contributed by atoms with Crippen LogP contribution in [0.15, 0.2) is 22.7 Å². The number of alkyl halides is 2. The van der Waals surface area contributed by atoms with Crippen molar-refractivity contribution >= 4 is 27.9 Å². The third kappa shape index (κ3) is 2.02. The average Bonchev–Trinajstić information content (AvgIpc) is 2.14. The maximum atomic E-state index is 12.6. The van der Waals surface area contributed by atoms with E-state index < -0.39 is 5.92 Å². The lowest BCUT2D eigenvalue weighted by Gasteiger charge is -2.40. The van der Waals surface area contributed by atoms with Crippen molar-refractivity contribution in [2.45, 2.75) is 5.92 Å². The minimum atomic E-state index is -2.57. The summed E-state index contributed by atoms with van der Waals surface area (Å²) in [5.41, 5.74) is 1.23. The molecule has 1 aliphatic rings. The van der Waals surface area contributed by atoms with Crippen LogP contribution < -0.4 is 4.90 Å². The molecule has 5 heteroatoms. The summed E-state index contributed by atoms with van der Waals surface area (Å²) in [5, 5.41) is 0. The Bertz CT molecular complexity index is 400. The largest absolute Gasteiger partial charge is 0.359 e. The van der Waals surface area contributed by atoms with Gasteiger partial charge in [0.05, 0.1) is 13.1 Å². The SMILES string of the molecule is O=Cc1ccc(N2CC(F)(F)C2)cc1Br. The first kappa shape index (κ1) is 10.5. The highest BCUT2D eigenvalue weighted by Gasteiger charge is 2.43. The number of benzene rings is 1. The molecule has 0 saturated carbocycles. The summed E-state index contributed by atoms with van der Waals surface area (Å²) in [6.45, 7) is -0.500. The van der Waals surface area contributed by atoms with E-state index in [1.807, 2.05) is 0 Å². The molecule has 80 valence electrons. The fraction of sp³-hybridized carbons (Fsp3) is 0.300. The van der Waals surface area contributed by atoms with Crippen molar-refractivity contribution in [3.05, 3.63) is 28.2 Å². The van der Waals surface area contributed by atoms with Gasteiger partial charge in [0.1, 0.15) is 0 Å². The number of nitrogens with zero attached hydrogens (tertiary/aromatic N) is 1. The van der Waals surface area contributed by atoms with Gasteiger partial charge in [-0.3, -0.25) is 4.79 Å². The van der Waals surface area contributed by atoms with Crippen LogP contribution >= 0.6 is 15.9 Å². The van der Waals surface area contributed by atoms with Gasteiger partial charge in [-0.05, 0) is 34.1 Å². The van der Waals surface area contributed by atoms with Gasteiger partial charge in [-0.1, -0.05) is 0 Å². The van der Waals surface area contributed by atoms with E-state index in [1.54, 1.807) is 23.1 Å². The maximum Gasteiger partial charge on any atom is 0.282 e. The summed E-state index contributed by atoms with van der Waals surface area (Å²) in [4.78, 5) is 12.1. The molecule has 1 saturated heterocycles. The van der Waals surface area contributed by atoms with Gasteiger partial charge in [0.15, 0.2) is 6.29 Å². The van der Waals surface area contributed by atoms with Crippen LogP contribution in [0.5, 0.6) is 0 Å². The van der Waals surface area contributed by atoms with Gasteiger partial charge in [0.2, 0.25) is 0 Å². The van der Waals surface area contributed by atoms with Gasteiger partial charge < -0.3 is 4.90 Å². The summed E-state index contributed by atoms with van der Waals surface area (Å²) >= 11 is 3.21. The van der Waals surface area contributed by atoms with Crippen molar-refractivity contribution in [3.63, 3.8) is 0 Å². The molecule has 0 bridgehead atoms. The topological polar surface area (TPSA) is 20.3 Å². The van der Waals surface area contributed by atoms with Crippen LogP contribution in [0, 0.1) is 0 Å². The highest BCUT2D eigenvalue weighted by molar-refractivity contribution is 9.10. The standard InChI is InChI=1S/C10H8BrF2NO/c11-9-3-8(2-1-7(9)4-15)14-5-10(12,13)6-14/h1-4H,5-6H2. The quantitative estimate of drug-likeness (QED) is 0.774. The third-order valence-electron chi connectivity index (χ3n) is 2.32. The van der Waals surface area contributed by atoms with Gasteiger partial charge in [0, 0.05) is 15.7 Å². The Hall–Kier alpha value is -0.970. The lowest BCUT2D eigenvalue weighted by atomic mass is 10.1. The van der Waals surface area contributed by atoms with Crippen molar-refractivity contribution in [3.8, 4) is 0 Å². The Morgan fingerprint density at radius 2 is 2.07 bits per heavy atom. The molecule has 1 fully saturated rings. The lowest BCUT2D eigenvalue weighted by molar-refractivity contribution is -0.0262. The van der Waals surface area contributed by atoms with E-state index >= 15 is 0 Å². The zero-order valence-electron chi connectivity index (χ0n) is 7.71. The monoisotopic (exact) mass is 275 g/mol. The maximum absolute atomic E-state index is 12.6. The zero-order chi connectivity index (χ0) is 11.1. The number of anilines is 1. The molecule has 1 aromatic rings. The smallest absolute Gasteiger partial charge is 0.282 e. The van der Waals surface area contributed by atoms with Crippen molar-refractivity contribution < 1.29 is 13.6 Å². The van der Waals surface area contributed by atoms with Crippen LogP contribution in [0.1, 0.15) is 10.4 Å². The zero-order valence-corrected chi connectivity index (χ0v) is 9.30. The lowest BCUT2D eigenvalue weighted by Crippen LogP contribution is -2.56. The summed E-state index contributed by atoms with van der Waals surface area (Å²) in [7, 11) is 0. The average molecular weight is 276 g/mol. The van der Waals surface area contributed by atoms with Crippen molar-refractivity contribution in [2.75, 3.05) is 18.0 Å². The first-order valence-electron chi connectivity index (χ1n) is 4.39. The molecule has 2 nitrogen and oxygen atoms in total. The normalized spacial score (nSPS) is 18.5. The Morgan fingerprint density at radius 1 is 1.40 bits per heavy atom. The molecule has 15 heavy (non-hydrogen) atoms. The van der Waals surface area contributed by atoms with Crippen molar-refractivity contribution in [2.24, 2.45) is 0 Å². The molecule has 1 aromatic carbocycles. The van der Waals surface area contributed by atoms with Gasteiger partial charge in [0.25, 0.3) is 5.92 Å². The molecular weight excluding hydrogens is 268 g/mol. The molecule has 0 aliphatic carbocycles. The predicted molar refractivity (Wildman–Crippen MR) is 56.7 cm³/mol. The molecule has 0 spiro atoms. The molecule has 1 heterocycles. The number of aldehydes is 1. The van der Waals surface area contributed by atoms with E-state index in [-0.39, 0.29) is 13.1 Å². The van der Waals surface area contributed by atoms with E-state index in [0.717, 1.165) is 6.29 Å². The van der Waals surface area contributed by atoms with Crippen molar-refractivity contribution in [1.82, 2.24) is 0 Å². The summed E-state index contributed by atoms with van der Waals surface area (Å²) < 4.78 is 25.9. The van der Waals surface area contributed by atoms with Gasteiger partial charge in [-0.15, -0.1) is 0 Å². The van der Waals surface area contributed by atoms with Crippen molar-refractivity contribution in [1.29, 1.82) is 0 Å². The number of hydrogen-bond acceptors (Lipinski definition) is 2. The second kappa shape index (κ2) is 3.56. The number of carbonyl (C=O) groups excluding carboxylic acids is 1. The predicted octanol–water partition coefficient (Wildman–Crippen LogP) is 2.72. The first-order valence-corrected chi connectivity index (χ1v) is 5.19. The van der Waals surface area contributed by atoms with E-state index in [4.69, 9.17) is 0 Å². The molecule has 1 aliphatic heterocycles. The fourth-order valence-corrected chi connectivity index (χ4v) is 1.96. The van der Waals surface area contributed by atoms with Gasteiger partial charge >= 0.3 is 0 Å². The minimum absolute atomic E-state index is 0.250. The van der Waals surface area contributed by atoms with Crippen LogP contribution in [-0.2, 0) is 0 Å². The van der Waals surface area contributed by atoms with E-state index in [2.05, 4.69) is 15.9 Å². The number of halogens is 3. The third-order valence-corrected chi connectivity index (χ3v) is 3.01. The highest BCUT2D eigenvalue weighted by atomic mass is 79.9. The van der Waals surface area contributed by atoms with E-state index in [9.17, 15) is 13.6 Å². The van der Waals surface area contributed by atoms with Gasteiger partial charge in [-0.2, -0.15) is 0 Å². The molecule has 0 unspecified atom stereocenters. The molecule has 0 atom stereocenters. The molecule has 2 rings (SSSR count). The molecular formula is C10H8BrF2NO. The van der Waals surface area contributed by atoms with E-state index in [0.29, 0.717) is 15.7 Å². The van der Waals surface area contributed by atoms with Crippen LogP contribution in [0.3, 0.4) is 0 Å². The van der Waals surface area contributed by atoms with Crippen LogP contribution in [0.4, 0.5) is 14.5 Å². The molecule has 0 N–H and O–H groups in total. The summed E-state index contributed by atoms with van der Waals surface area (Å²) in [6, 6.07) is 4.96. The Labute approximate surface area is 94.0 Å². The second-order valence-corrected chi connectivity index (χ2v) is 4.39. The summed E-state index contributed by atoms with van der Waals surface area (Å²) in [5.74, 6) is -2.57. The van der Waals surface area contributed by atoms with Crippen LogP contribution in [0.25, 0.3) is 0 Å².